The molecule has 0 spiro atoms. The summed E-state index contributed by atoms with van der Waals surface area (Å²) in [6.07, 6.45) is 1.35. The van der Waals surface area contributed by atoms with Crippen LogP contribution in [0.15, 0.2) is 28.7 Å². The number of amides is 1. The molecule has 5 nitrogen and oxygen atoms in total. The molecule has 0 bridgehead atoms. The molecule has 1 atom stereocenters. The summed E-state index contributed by atoms with van der Waals surface area (Å²) in [7, 11) is 0. The highest BCUT2D eigenvalue weighted by Gasteiger charge is 2.29. The first-order chi connectivity index (χ1) is 14.8. The molecule has 1 amide bonds. The van der Waals surface area contributed by atoms with Gasteiger partial charge >= 0.3 is 0 Å². The Bertz CT molecular complexity index is 788. The van der Waals surface area contributed by atoms with E-state index in [0.717, 1.165) is 29.4 Å². The molecule has 0 saturated heterocycles. The van der Waals surface area contributed by atoms with Gasteiger partial charge in [-0.25, -0.2) is 4.98 Å². The molecule has 0 fully saturated rings. The first kappa shape index (κ1) is 25.8. The van der Waals surface area contributed by atoms with Crippen molar-refractivity contribution in [1.29, 1.82) is 0 Å². The number of para-hydroxylation sites is 2. The minimum Gasteiger partial charge on any atom is -0.434 e. The lowest BCUT2D eigenvalue weighted by molar-refractivity contribution is -0.124. The predicted molar refractivity (Wildman–Crippen MR) is 133 cm³/mol. The molecule has 0 aliphatic heterocycles. The van der Waals surface area contributed by atoms with Crippen molar-refractivity contribution >= 4 is 46.3 Å². The van der Waals surface area contributed by atoms with Gasteiger partial charge < -0.3 is 9.73 Å². The van der Waals surface area contributed by atoms with E-state index in [1.165, 1.54) is 0 Å². The number of fused-ring (bicyclic) bond motifs is 1. The highest BCUT2D eigenvalue weighted by atomic mass is 32.2. The Hall–Kier alpha value is -1.47. The Kier molecular flexibility index (Phi) is 10.9. The minimum absolute atomic E-state index is 0.0459. The number of benzene rings is 1. The van der Waals surface area contributed by atoms with E-state index < -0.39 is 6.04 Å². The summed E-state index contributed by atoms with van der Waals surface area (Å²) >= 11 is 3.63. The van der Waals surface area contributed by atoms with Gasteiger partial charge in [-0.05, 0) is 41.9 Å². The Morgan fingerprint density at radius 1 is 1.00 bits per heavy atom. The van der Waals surface area contributed by atoms with Gasteiger partial charge in [-0.3, -0.25) is 9.59 Å². The lowest BCUT2D eigenvalue weighted by Gasteiger charge is -2.21. The van der Waals surface area contributed by atoms with E-state index in [1.54, 1.807) is 6.07 Å². The number of oxazole rings is 1. The smallest absolute Gasteiger partial charge is 0.266 e. The van der Waals surface area contributed by atoms with Crippen molar-refractivity contribution in [3.8, 4) is 0 Å². The SMILES string of the molecule is CCC[C@H](NC(=O)C(CSCC(C)C)CSCC(C)C)C(=O)c1nc2ccccc2o1. The van der Waals surface area contributed by atoms with E-state index in [9.17, 15) is 9.59 Å². The number of nitrogens with one attached hydrogen (secondary N) is 1. The summed E-state index contributed by atoms with van der Waals surface area (Å²) in [5.41, 5.74) is 1.24. The van der Waals surface area contributed by atoms with Crippen LogP contribution in [0.5, 0.6) is 0 Å². The molecule has 0 saturated carbocycles. The molecular formula is C24H36N2O3S2. The molecule has 31 heavy (non-hydrogen) atoms. The topological polar surface area (TPSA) is 72.2 Å². The van der Waals surface area contributed by atoms with E-state index in [1.807, 2.05) is 48.6 Å². The van der Waals surface area contributed by atoms with Crippen LogP contribution in [0.3, 0.4) is 0 Å². The first-order valence-corrected chi connectivity index (χ1v) is 13.5. The maximum Gasteiger partial charge on any atom is 0.266 e. The Morgan fingerprint density at radius 3 is 2.16 bits per heavy atom. The van der Waals surface area contributed by atoms with Crippen LogP contribution in [0.25, 0.3) is 11.1 Å². The number of hydrogen-bond donors (Lipinski definition) is 1. The number of nitrogens with zero attached hydrogens (tertiary/aromatic N) is 1. The molecular weight excluding hydrogens is 428 g/mol. The van der Waals surface area contributed by atoms with Crippen molar-refractivity contribution in [3.05, 3.63) is 30.2 Å². The van der Waals surface area contributed by atoms with Crippen molar-refractivity contribution in [2.45, 2.75) is 53.5 Å². The zero-order chi connectivity index (χ0) is 22.8. The maximum atomic E-state index is 13.1. The van der Waals surface area contributed by atoms with Crippen LogP contribution in [0, 0.1) is 17.8 Å². The van der Waals surface area contributed by atoms with Crippen LogP contribution in [-0.2, 0) is 4.79 Å². The summed E-state index contributed by atoms with van der Waals surface area (Å²) < 4.78 is 5.66. The number of thioether (sulfide) groups is 2. The Morgan fingerprint density at radius 2 is 1.61 bits per heavy atom. The van der Waals surface area contributed by atoms with Crippen molar-refractivity contribution in [1.82, 2.24) is 10.3 Å². The quantitative estimate of drug-likeness (QED) is 0.362. The van der Waals surface area contributed by atoms with E-state index in [2.05, 4.69) is 38.0 Å². The molecule has 2 rings (SSSR count). The van der Waals surface area contributed by atoms with E-state index in [0.29, 0.717) is 29.4 Å². The van der Waals surface area contributed by atoms with Crippen molar-refractivity contribution in [3.63, 3.8) is 0 Å². The normalized spacial score (nSPS) is 12.8. The number of rotatable bonds is 14. The predicted octanol–water partition coefficient (Wildman–Crippen LogP) is 5.69. The number of ketones is 1. The number of Topliss-reactive ketones (excluding diaryl/α,β-unsaturated/α-hetero) is 1. The monoisotopic (exact) mass is 464 g/mol. The average Bonchev–Trinajstić information content (AvgIpc) is 3.15. The molecule has 1 N–H and O–H groups in total. The molecule has 0 aliphatic rings. The fraction of sp³-hybridized carbons (Fsp3) is 0.625. The third kappa shape index (κ3) is 8.53. The molecule has 172 valence electrons. The summed E-state index contributed by atoms with van der Waals surface area (Å²) in [5.74, 6) is 4.41. The molecule has 1 aromatic heterocycles. The Labute approximate surface area is 194 Å². The van der Waals surface area contributed by atoms with Gasteiger partial charge in [0.1, 0.15) is 5.52 Å². The molecule has 1 heterocycles. The van der Waals surface area contributed by atoms with Crippen molar-refractivity contribution < 1.29 is 14.0 Å². The van der Waals surface area contributed by atoms with Crippen LogP contribution in [0.2, 0.25) is 0 Å². The second-order valence-corrected chi connectivity index (χ2v) is 10.9. The number of carbonyl (C=O) groups is 2. The van der Waals surface area contributed by atoms with Crippen LogP contribution in [0.4, 0.5) is 0 Å². The molecule has 2 aromatic rings. The number of aromatic nitrogens is 1. The van der Waals surface area contributed by atoms with E-state index in [-0.39, 0.29) is 23.5 Å². The lowest BCUT2D eigenvalue weighted by Crippen LogP contribution is -2.45. The van der Waals surface area contributed by atoms with Gasteiger partial charge in [-0.1, -0.05) is 53.2 Å². The van der Waals surface area contributed by atoms with E-state index in [4.69, 9.17) is 4.42 Å². The molecule has 0 aliphatic carbocycles. The minimum atomic E-state index is -0.613. The van der Waals surface area contributed by atoms with Gasteiger partial charge in [0.05, 0.1) is 12.0 Å². The lowest BCUT2D eigenvalue weighted by atomic mass is 10.1. The van der Waals surface area contributed by atoms with Crippen LogP contribution in [0.1, 0.15) is 58.1 Å². The Balaban J connectivity index is 2.08. The molecule has 0 radical (unpaired) electrons. The van der Waals surface area contributed by atoms with Gasteiger partial charge in [0.15, 0.2) is 5.58 Å². The second-order valence-electron chi connectivity index (χ2n) is 8.76. The molecule has 0 unspecified atom stereocenters. The summed E-state index contributed by atoms with van der Waals surface area (Å²) in [6, 6.07) is 6.70. The summed E-state index contributed by atoms with van der Waals surface area (Å²) in [6.45, 7) is 10.8. The number of carbonyl (C=O) groups excluding carboxylic acids is 2. The largest absolute Gasteiger partial charge is 0.434 e. The van der Waals surface area contributed by atoms with Crippen LogP contribution in [-0.4, -0.2) is 45.7 Å². The van der Waals surface area contributed by atoms with Gasteiger partial charge in [-0.2, -0.15) is 23.5 Å². The van der Waals surface area contributed by atoms with Crippen LogP contribution >= 0.6 is 23.5 Å². The highest BCUT2D eigenvalue weighted by molar-refractivity contribution is 8.00. The molecule has 7 heteroatoms. The number of hydrogen-bond acceptors (Lipinski definition) is 6. The third-order valence-electron chi connectivity index (χ3n) is 4.63. The standard InChI is InChI=1S/C24H36N2O3S2/c1-6-9-20(22(27)24-26-19-10-7-8-11-21(19)29-24)25-23(28)18(14-30-12-16(2)3)15-31-13-17(4)5/h7-8,10-11,16-18,20H,6,9,12-15H2,1-5H3,(H,25,28)/t20-/m0/s1. The van der Waals surface area contributed by atoms with Crippen molar-refractivity contribution in [2.75, 3.05) is 23.0 Å². The van der Waals surface area contributed by atoms with Gasteiger partial charge in [0.2, 0.25) is 11.7 Å². The van der Waals surface area contributed by atoms with Gasteiger partial charge in [0.25, 0.3) is 5.89 Å². The summed E-state index contributed by atoms with van der Waals surface area (Å²) in [5, 5.41) is 3.02. The molecule has 1 aromatic carbocycles. The fourth-order valence-electron chi connectivity index (χ4n) is 3.07. The maximum absolute atomic E-state index is 13.1. The highest BCUT2D eigenvalue weighted by Crippen LogP contribution is 2.21. The zero-order valence-electron chi connectivity index (χ0n) is 19.3. The zero-order valence-corrected chi connectivity index (χ0v) is 21.0. The average molecular weight is 465 g/mol. The van der Waals surface area contributed by atoms with Gasteiger partial charge in [0, 0.05) is 11.5 Å². The third-order valence-corrected chi connectivity index (χ3v) is 7.71. The summed E-state index contributed by atoms with van der Waals surface area (Å²) in [4.78, 5) is 30.6. The van der Waals surface area contributed by atoms with E-state index >= 15 is 0 Å². The second kappa shape index (κ2) is 13.2. The fourth-order valence-corrected chi connectivity index (χ4v) is 5.54. The first-order valence-electron chi connectivity index (χ1n) is 11.2. The van der Waals surface area contributed by atoms with Crippen LogP contribution < -0.4 is 5.32 Å². The van der Waals surface area contributed by atoms with Gasteiger partial charge in [-0.15, -0.1) is 0 Å². The van der Waals surface area contributed by atoms with Crippen molar-refractivity contribution in [2.24, 2.45) is 17.8 Å².